The Morgan fingerprint density at radius 3 is 2.29 bits per heavy atom. The van der Waals surface area contributed by atoms with E-state index in [-0.39, 0.29) is 12.1 Å². The number of carbonyl (C=O) groups excluding carboxylic acids is 1. The maximum absolute atomic E-state index is 12.0. The summed E-state index contributed by atoms with van der Waals surface area (Å²) in [6.45, 7) is 4.42. The Balaban J connectivity index is 1.36. The van der Waals surface area contributed by atoms with E-state index in [1.165, 1.54) is 18.4 Å². The number of hydrogen-bond acceptors (Lipinski definition) is 4. The molecule has 2 aliphatic heterocycles. The molecule has 2 bridgehead atoms. The van der Waals surface area contributed by atoms with Gasteiger partial charge in [0.05, 0.1) is 11.6 Å². The number of rotatable bonds is 7. The van der Waals surface area contributed by atoms with Crippen molar-refractivity contribution >= 4 is 16.8 Å². The summed E-state index contributed by atoms with van der Waals surface area (Å²) >= 11 is 0. The number of primary amides is 1. The average Bonchev–Trinajstić information content (AvgIpc) is 3.36. The predicted octanol–water partition coefficient (Wildman–Crippen LogP) is 6.05. The Hall–Kier alpha value is -3.64. The summed E-state index contributed by atoms with van der Waals surface area (Å²) in [5, 5.41) is 6.08. The highest BCUT2D eigenvalue weighted by Crippen LogP contribution is 2.38. The van der Waals surface area contributed by atoms with Crippen LogP contribution in [0.5, 0.6) is 5.75 Å². The van der Waals surface area contributed by atoms with E-state index < -0.39 is 5.91 Å². The van der Waals surface area contributed by atoms with Crippen molar-refractivity contribution in [3.63, 3.8) is 0 Å². The highest BCUT2D eigenvalue weighted by molar-refractivity contribution is 6.01. The number of hydrogen-bond donors (Lipinski definition) is 1. The van der Waals surface area contributed by atoms with Crippen LogP contribution in [-0.2, 0) is 0 Å². The summed E-state index contributed by atoms with van der Waals surface area (Å²) in [5.74, 6) is 0.767. The molecule has 6 heteroatoms. The molecular weight excluding hydrogens is 472 g/mol. The van der Waals surface area contributed by atoms with Crippen LogP contribution in [0.4, 0.5) is 0 Å². The van der Waals surface area contributed by atoms with Crippen LogP contribution in [0.1, 0.15) is 61.5 Å². The number of aromatic nitrogens is 2. The van der Waals surface area contributed by atoms with Crippen molar-refractivity contribution in [2.45, 2.75) is 63.8 Å². The Kier molecular flexibility index (Phi) is 6.44. The zero-order valence-electron chi connectivity index (χ0n) is 22.4. The molecule has 0 radical (unpaired) electrons. The zero-order chi connectivity index (χ0) is 26.4. The maximum atomic E-state index is 12.0. The second-order valence-corrected chi connectivity index (χ2v) is 11.3. The van der Waals surface area contributed by atoms with Gasteiger partial charge < -0.3 is 15.4 Å². The van der Waals surface area contributed by atoms with Crippen LogP contribution in [0.25, 0.3) is 22.2 Å². The van der Waals surface area contributed by atoms with Crippen LogP contribution in [-0.4, -0.2) is 45.8 Å². The first-order valence-corrected chi connectivity index (χ1v) is 13.7. The van der Waals surface area contributed by atoms with Crippen LogP contribution >= 0.6 is 0 Å². The molecule has 6 nitrogen and oxygen atoms in total. The number of nitrogens with zero attached hydrogens (tertiary/aromatic N) is 3. The van der Waals surface area contributed by atoms with Crippen molar-refractivity contribution in [2.75, 3.05) is 7.05 Å². The number of piperidine rings is 1. The van der Waals surface area contributed by atoms with Gasteiger partial charge in [-0.2, -0.15) is 5.10 Å². The third kappa shape index (κ3) is 4.47. The summed E-state index contributed by atoms with van der Waals surface area (Å²) in [6.07, 6.45) is 5.02. The Bertz CT molecular complexity index is 1430. The van der Waals surface area contributed by atoms with E-state index in [0.717, 1.165) is 40.8 Å². The largest absolute Gasteiger partial charge is 0.490 e. The standard InChI is InChI=1S/C32H36N4O2/c1-20(2)31(22-7-5-4-6-8-22)36-29-16-11-23(32(33)37)17-28(29)30(34-36)21-9-14-26(15-10-21)38-27-18-24-12-13-25(19-27)35(24)3/h4-11,14-17,20,24-25,27,31H,12-13,18-19H2,1-3H3,(H2,33,37). The molecule has 1 aromatic heterocycles. The molecule has 0 spiro atoms. The molecule has 0 aliphatic carbocycles. The van der Waals surface area contributed by atoms with E-state index in [4.69, 9.17) is 15.6 Å². The first-order chi connectivity index (χ1) is 18.4. The summed E-state index contributed by atoms with van der Waals surface area (Å²) in [7, 11) is 2.25. The van der Waals surface area contributed by atoms with Gasteiger partial charge in [-0.05, 0) is 86.7 Å². The molecule has 6 rings (SSSR count). The van der Waals surface area contributed by atoms with Gasteiger partial charge in [0.2, 0.25) is 5.91 Å². The summed E-state index contributed by atoms with van der Waals surface area (Å²) in [5.41, 5.74) is 10.1. The van der Waals surface area contributed by atoms with E-state index in [1.54, 1.807) is 6.07 Å². The van der Waals surface area contributed by atoms with Crippen molar-refractivity contribution in [2.24, 2.45) is 11.7 Å². The molecule has 2 saturated heterocycles. The molecule has 38 heavy (non-hydrogen) atoms. The topological polar surface area (TPSA) is 73.4 Å². The molecular formula is C32H36N4O2. The molecule has 2 N–H and O–H groups in total. The number of carbonyl (C=O) groups is 1. The van der Waals surface area contributed by atoms with Gasteiger partial charge in [0.15, 0.2) is 0 Å². The number of ether oxygens (including phenoxy) is 1. The van der Waals surface area contributed by atoms with Gasteiger partial charge in [-0.15, -0.1) is 0 Å². The van der Waals surface area contributed by atoms with E-state index in [9.17, 15) is 4.79 Å². The fourth-order valence-electron chi connectivity index (χ4n) is 6.52. The molecule has 3 atom stereocenters. The third-order valence-electron chi connectivity index (χ3n) is 8.51. The summed E-state index contributed by atoms with van der Waals surface area (Å²) < 4.78 is 8.54. The molecule has 2 aliphatic rings. The van der Waals surface area contributed by atoms with Crippen LogP contribution in [0.3, 0.4) is 0 Å². The monoisotopic (exact) mass is 508 g/mol. The molecule has 2 fully saturated rings. The van der Waals surface area contributed by atoms with Crippen LogP contribution in [0, 0.1) is 5.92 Å². The van der Waals surface area contributed by atoms with Gasteiger partial charge in [0.1, 0.15) is 17.5 Å². The van der Waals surface area contributed by atoms with E-state index >= 15 is 0 Å². The highest BCUT2D eigenvalue weighted by Gasteiger charge is 2.39. The minimum Gasteiger partial charge on any atom is -0.490 e. The molecule has 4 aromatic rings. The van der Waals surface area contributed by atoms with Gasteiger partial charge in [0, 0.05) is 28.6 Å². The smallest absolute Gasteiger partial charge is 0.248 e. The van der Waals surface area contributed by atoms with Crippen molar-refractivity contribution in [3.05, 3.63) is 83.9 Å². The first kappa shape index (κ1) is 24.7. The molecule has 3 aromatic carbocycles. The number of nitrogens with two attached hydrogens (primary N) is 1. The lowest BCUT2D eigenvalue weighted by Crippen LogP contribution is -2.43. The Morgan fingerprint density at radius 1 is 0.974 bits per heavy atom. The van der Waals surface area contributed by atoms with E-state index in [1.807, 2.05) is 18.2 Å². The van der Waals surface area contributed by atoms with E-state index in [2.05, 4.69) is 79.0 Å². The van der Waals surface area contributed by atoms with Crippen molar-refractivity contribution in [1.29, 1.82) is 0 Å². The fraction of sp³-hybridized carbons (Fsp3) is 0.375. The minimum absolute atomic E-state index is 0.0503. The van der Waals surface area contributed by atoms with Crippen molar-refractivity contribution in [1.82, 2.24) is 14.7 Å². The minimum atomic E-state index is -0.440. The number of benzene rings is 3. The van der Waals surface area contributed by atoms with E-state index in [0.29, 0.717) is 23.6 Å². The van der Waals surface area contributed by atoms with Gasteiger partial charge in [-0.1, -0.05) is 44.2 Å². The molecule has 3 unspecified atom stereocenters. The van der Waals surface area contributed by atoms with Gasteiger partial charge in [-0.3, -0.25) is 9.48 Å². The van der Waals surface area contributed by atoms with Crippen LogP contribution < -0.4 is 10.5 Å². The Morgan fingerprint density at radius 2 is 1.66 bits per heavy atom. The van der Waals surface area contributed by atoms with Gasteiger partial charge in [0.25, 0.3) is 0 Å². The maximum Gasteiger partial charge on any atom is 0.248 e. The first-order valence-electron chi connectivity index (χ1n) is 13.7. The fourth-order valence-corrected chi connectivity index (χ4v) is 6.52. The normalized spacial score (nSPS) is 22.2. The SMILES string of the molecule is CC(C)C(c1ccccc1)n1nc(-c2ccc(OC3CC4CCC(C3)N4C)cc2)c2cc(C(N)=O)ccc21. The molecule has 196 valence electrons. The average molecular weight is 509 g/mol. The number of amides is 1. The van der Waals surface area contributed by atoms with Crippen LogP contribution in [0.15, 0.2) is 72.8 Å². The zero-order valence-corrected chi connectivity index (χ0v) is 22.4. The van der Waals surface area contributed by atoms with Crippen LogP contribution in [0.2, 0.25) is 0 Å². The molecule has 3 heterocycles. The lowest BCUT2D eigenvalue weighted by Gasteiger charge is -2.36. The molecule has 0 saturated carbocycles. The predicted molar refractivity (Wildman–Crippen MR) is 151 cm³/mol. The van der Waals surface area contributed by atoms with Crippen molar-refractivity contribution < 1.29 is 9.53 Å². The summed E-state index contributed by atoms with van der Waals surface area (Å²) in [6, 6.07) is 25.7. The lowest BCUT2D eigenvalue weighted by atomic mass is 9.96. The van der Waals surface area contributed by atoms with Crippen molar-refractivity contribution in [3.8, 4) is 17.0 Å². The van der Waals surface area contributed by atoms with Gasteiger partial charge in [-0.25, -0.2) is 0 Å². The summed E-state index contributed by atoms with van der Waals surface area (Å²) in [4.78, 5) is 14.6. The third-order valence-corrected chi connectivity index (χ3v) is 8.51. The number of fused-ring (bicyclic) bond motifs is 3. The second-order valence-electron chi connectivity index (χ2n) is 11.3. The second kappa shape index (κ2) is 9.91. The quantitative estimate of drug-likeness (QED) is 0.330. The molecule has 1 amide bonds. The van der Waals surface area contributed by atoms with Gasteiger partial charge >= 0.3 is 0 Å². The highest BCUT2D eigenvalue weighted by atomic mass is 16.5. The Labute approximate surface area is 224 Å². The lowest BCUT2D eigenvalue weighted by molar-refractivity contribution is 0.0662.